The third-order valence-corrected chi connectivity index (χ3v) is 9.42. The monoisotopic (exact) mass is 482 g/mol. The molecule has 0 spiro atoms. The van der Waals surface area contributed by atoms with Gasteiger partial charge in [0.15, 0.2) is 0 Å². The van der Waals surface area contributed by atoms with Crippen molar-refractivity contribution in [2.24, 2.45) is 5.92 Å². The zero-order valence-electron chi connectivity index (χ0n) is 19.2. The van der Waals surface area contributed by atoms with Crippen LogP contribution in [0.2, 0.25) is 0 Å². The lowest BCUT2D eigenvalue weighted by Crippen LogP contribution is -2.44. The smallest absolute Gasteiger partial charge is 0.243 e. The second kappa shape index (κ2) is 9.79. The number of benzene rings is 2. The van der Waals surface area contributed by atoms with E-state index in [9.17, 15) is 13.2 Å². The first-order chi connectivity index (χ1) is 15.8. The zero-order valence-corrected chi connectivity index (χ0v) is 20.9. The van der Waals surface area contributed by atoms with Crippen molar-refractivity contribution in [3.05, 3.63) is 87.1 Å². The summed E-state index contributed by atoms with van der Waals surface area (Å²) >= 11 is 1.62. The highest BCUT2D eigenvalue weighted by Gasteiger charge is 2.34. The number of amides is 1. The average Bonchev–Trinajstić information content (AvgIpc) is 3.31. The first kappa shape index (κ1) is 23.7. The Morgan fingerprint density at radius 1 is 1.00 bits per heavy atom. The maximum Gasteiger partial charge on any atom is 0.243 e. The molecule has 1 aliphatic heterocycles. The van der Waals surface area contributed by atoms with Crippen LogP contribution >= 0.6 is 11.3 Å². The molecule has 2 aromatic carbocycles. The molecule has 0 unspecified atom stereocenters. The fourth-order valence-electron chi connectivity index (χ4n) is 4.74. The van der Waals surface area contributed by atoms with Gasteiger partial charge < -0.3 is 5.32 Å². The maximum atomic E-state index is 13.4. The van der Waals surface area contributed by atoms with Crippen LogP contribution in [0.5, 0.6) is 0 Å². The van der Waals surface area contributed by atoms with Gasteiger partial charge >= 0.3 is 0 Å². The fourth-order valence-corrected chi connectivity index (χ4v) is 7.42. The van der Waals surface area contributed by atoms with Crippen molar-refractivity contribution >= 4 is 27.3 Å². The molecule has 1 aromatic heterocycles. The largest absolute Gasteiger partial charge is 0.344 e. The van der Waals surface area contributed by atoms with Gasteiger partial charge in [0.1, 0.15) is 0 Å². The lowest BCUT2D eigenvalue weighted by atomic mass is 9.96. The third-order valence-electron chi connectivity index (χ3n) is 6.27. The van der Waals surface area contributed by atoms with Gasteiger partial charge in [-0.15, -0.1) is 11.3 Å². The van der Waals surface area contributed by atoms with Crippen molar-refractivity contribution in [2.75, 3.05) is 13.1 Å². The summed E-state index contributed by atoms with van der Waals surface area (Å²) in [5.41, 5.74) is 3.64. The van der Waals surface area contributed by atoms with E-state index in [1.165, 1.54) is 4.31 Å². The Morgan fingerprint density at radius 3 is 2.21 bits per heavy atom. The predicted octanol–water partition coefficient (Wildman–Crippen LogP) is 4.98. The molecule has 1 atom stereocenters. The maximum absolute atomic E-state index is 13.4. The van der Waals surface area contributed by atoms with Gasteiger partial charge in [-0.25, -0.2) is 8.42 Å². The van der Waals surface area contributed by atoms with Gasteiger partial charge in [-0.3, -0.25) is 4.79 Å². The Labute approximate surface area is 200 Å². The summed E-state index contributed by atoms with van der Waals surface area (Å²) in [7, 11) is -3.59. The van der Waals surface area contributed by atoms with Gasteiger partial charge in [-0.05, 0) is 61.7 Å². The molecule has 0 saturated carbocycles. The van der Waals surface area contributed by atoms with E-state index in [1.807, 2.05) is 80.7 Å². The number of nitrogens with one attached hydrogen (secondary N) is 1. The molecule has 0 aliphatic carbocycles. The van der Waals surface area contributed by atoms with E-state index in [2.05, 4.69) is 5.32 Å². The highest BCUT2D eigenvalue weighted by atomic mass is 32.2. The molecular formula is C26H30N2O3S2. The second-order valence-electron chi connectivity index (χ2n) is 8.77. The standard InChI is InChI=1S/C26H30N2O3S2/c1-18-16-19(2)25(20(3)17-18)33(30,31)28-13-11-22(12-14-28)26(29)27-24(23-10-7-15-32-23)21-8-5-4-6-9-21/h4-10,15-17,22,24H,11-14H2,1-3H3,(H,27,29)/t24-/m1/s1. The van der Waals surface area contributed by atoms with E-state index in [-0.39, 0.29) is 17.9 Å². The molecule has 4 rings (SSSR count). The number of carbonyl (C=O) groups excluding carboxylic acids is 1. The molecule has 3 aromatic rings. The van der Waals surface area contributed by atoms with Crippen molar-refractivity contribution in [2.45, 2.75) is 44.6 Å². The summed E-state index contributed by atoms with van der Waals surface area (Å²) in [5.74, 6) is -0.222. The van der Waals surface area contributed by atoms with Gasteiger partial charge in [0.05, 0.1) is 10.9 Å². The van der Waals surface area contributed by atoms with Gasteiger partial charge in [-0.1, -0.05) is 54.1 Å². The van der Waals surface area contributed by atoms with Gasteiger partial charge in [0.25, 0.3) is 0 Å². The highest BCUT2D eigenvalue weighted by molar-refractivity contribution is 7.89. The third kappa shape index (κ3) is 5.05. The molecule has 2 heterocycles. The molecule has 1 saturated heterocycles. The Bertz CT molecular complexity index is 1190. The molecular weight excluding hydrogens is 452 g/mol. The molecule has 1 N–H and O–H groups in total. The normalized spacial score (nSPS) is 16.5. The van der Waals surface area contributed by atoms with Crippen LogP contribution in [0, 0.1) is 26.7 Å². The minimum Gasteiger partial charge on any atom is -0.344 e. The van der Waals surface area contributed by atoms with Crippen LogP contribution in [0.4, 0.5) is 0 Å². The number of carbonyl (C=O) groups is 1. The van der Waals surface area contributed by atoms with Gasteiger partial charge in [0.2, 0.25) is 15.9 Å². The summed E-state index contributed by atoms with van der Waals surface area (Å²) in [4.78, 5) is 14.7. The summed E-state index contributed by atoms with van der Waals surface area (Å²) in [6.45, 7) is 6.37. The average molecular weight is 483 g/mol. The summed E-state index contributed by atoms with van der Waals surface area (Å²) in [5, 5.41) is 5.23. The Kier molecular flexibility index (Phi) is 7.02. The number of nitrogens with zero attached hydrogens (tertiary/aromatic N) is 1. The molecule has 1 aliphatic rings. The van der Waals surface area contributed by atoms with E-state index in [1.54, 1.807) is 11.3 Å². The number of rotatable bonds is 6. The number of thiophene rings is 1. The molecule has 0 bridgehead atoms. The predicted molar refractivity (Wildman–Crippen MR) is 133 cm³/mol. The molecule has 5 nitrogen and oxygen atoms in total. The molecule has 1 fully saturated rings. The van der Waals surface area contributed by atoms with E-state index >= 15 is 0 Å². The van der Waals surface area contributed by atoms with E-state index in [0.717, 1.165) is 27.1 Å². The molecule has 174 valence electrons. The van der Waals surface area contributed by atoms with Crippen LogP contribution in [0.3, 0.4) is 0 Å². The van der Waals surface area contributed by atoms with Crippen molar-refractivity contribution in [1.29, 1.82) is 0 Å². The summed E-state index contributed by atoms with van der Waals surface area (Å²) in [6.07, 6.45) is 1.03. The number of hydrogen-bond acceptors (Lipinski definition) is 4. The van der Waals surface area contributed by atoms with Gasteiger partial charge in [-0.2, -0.15) is 4.31 Å². The quantitative estimate of drug-likeness (QED) is 0.539. The van der Waals surface area contributed by atoms with Crippen molar-refractivity contribution < 1.29 is 13.2 Å². The molecule has 7 heteroatoms. The first-order valence-electron chi connectivity index (χ1n) is 11.2. The minimum atomic E-state index is -3.59. The van der Waals surface area contributed by atoms with Crippen molar-refractivity contribution in [3.8, 4) is 0 Å². The SMILES string of the molecule is Cc1cc(C)c(S(=O)(=O)N2CCC(C(=O)N[C@H](c3ccccc3)c3cccs3)CC2)c(C)c1. The number of piperidine rings is 1. The summed E-state index contributed by atoms with van der Waals surface area (Å²) in [6, 6.07) is 17.6. The minimum absolute atomic E-state index is 0.0167. The number of sulfonamides is 1. The highest BCUT2D eigenvalue weighted by Crippen LogP contribution is 2.30. The second-order valence-corrected chi connectivity index (χ2v) is 11.6. The van der Waals surface area contributed by atoms with Crippen LogP contribution in [-0.4, -0.2) is 31.7 Å². The van der Waals surface area contributed by atoms with Crippen LogP contribution in [0.25, 0.3) is 0 Å². The first-order valence-corrected chi connectivity index (χ1v) is 13.6. The number of hydrogen-bond donors (Lipinski definition) is 1. The van der Waals surface area contributed by atoms with Crippen LogP contribution in [0.15, 0.2) is 64.9 Å². The lowest BCUT2D eigenvalue weighted by Gasteiger charge is -2.32. The van der Waals surface area contributed by atoms with E-state index in [0.29, 0.717) is 30.8 Å². The molecule has 1 amide bonds. The van der Waals surface area contributed by atoms with Crippen LogP contribution in [-0.2, 0) is 14.8 Å². The van der Waals surface area contributed by atoms with Crippen LogP contribution in [0.1, 0.15) is 46.0 Å². The molecule has 33 heavy (non-hydrogen) atoms. The van der Waals surface area contributed by atoms with Crippen molar-refractivity contribution in [1.82, 2.24) is 9.62 Å². The Hall–Kier alpha value is -2.48. The van der Waals surface area contributed by atoms with E-state index in [4.69, 9.17) is 0 Å². The lowest BCUT2D eigenvalue weighted by molar-refractivity contribution is -0.126. The summed E-state index contributed by atoms with van der Waals surface area (Å²) < 4.78 is 28.3. The topological polar surface area (TPSA) is 66.5 Å². The van der Waals surface area contributed by atoms with Crippen molar-refractivity contribution in [3.63, 3.8) is 0 Å². The fraction of sp³-hybridized carbons (Fsp3) is 0.346. The Morgan fingerprint density at radius 2 is 1.64 bits per heavy atom. The Balaban J connectivity index is 1.46. The van der Waals surface area contributed by atoms with Gasteiger partial charge in [0, 0.05) is 23.9 Å². The zero-order chi connectivity index (χ0) is 23.6. The number of aryl methyl sites for hydroxylation is 3. The molecule has 0 radical (unpaired) electrons. The van der Waals surface area contributed by atoms with Crippen LogP contribution < -0.4 is 5.32 Å². The van der Waals surface area contributed by atoms with E-state index < -0.39 is 10.0 Å².